The van der Waals surface area contributed by atoms with Crippen LogP contribution in [-0.2, 0) is 4.74 Å². The van der Waals surface area contributed by atoms with Crippen molar-refractivity contribution in [3.05, 3.63) is 35.4 Å². The van der Waals surface area contributed by atoms with Gasteiger partial charge in [0.25, 0.3) is 11.8 Å². The molecule has 0 aromatic heterocycles. The van der Waals surface area contributed by atoms with Crippen LogP contribution in [0.1, 0.15) is 20.7 Å². The van der Waals surface area contributed by atoms with Gasteiger partial charge in [-0.15, -0.1) is 0 Å². The Bertz CT molecular complexity index is 447. The van der Waals surface area contributed by atoms with E-state index in [9.17, 15) is 9.59 Å². The molecule has 0 aliphatic carbocycles. The maximum absolute atomic E-state index is 11.8. The van der Waals surface area contributed by atoms with Crippen LogP contribution in [0.25, 0.3) is 0 Å². The van der Waals surface area contributed by atoms with E-state index in [4.69, 9.17) is 5.41 Å². The molecule has 1 aromatic rings. The number of benzene rings is 1. The van der Waals surface area contributed by atoms with Crippen molar-refractivity contribution in [2.45, 2.75) is 0 Å². The van der Waals surface area contributed by atoms with Crippen molar-refractivity contribution in [3.63, 3.8) is 0 Å². The number of nitrogens with one attached hydrogen (secondary N) is 1. The van der Waals surface area contributed by atoms with Gasteiger partial charge in [0.15, 0.2) is 0 Å². The van der Waals surface area contributed by atoms with Crippen LogP contribution in [0.4, 0.5) is 0 Å². The van der Waals surface area contributed by atoms with E-state index in [0.717, 1.165) is 4.90 Å². The number of rotatable bonds is 2. The smallest absolute Gasteiger partial charge is 0.262 e. The highest BCUT2D eigenvalue weighted by Gasteiger charge is 2.35. The van der Waals surface area contributed by atoms with Crippen LogP contribution in [0.3, 0.4) is 0 Å². The average Bonchev–Trinajstić information content (AvgIpc) is 2.55. The molecule has 2 rings (SSSR count). The second-order valence-corrected chi connectivity index (χ2v) is 3.37. The third kappa shape index (κ3) is 1.46. The van der Waals surface area contributed by atoms with E-state index in [2.05, 4.69) is 4.74 Å². The SMILES string of the molecule is COC(=N)CN1C(=O)c2ccccc2C1=O. The largest absolute Gasteiger partial charge is 0.483 e. The summed E-state index contributed by atoms with van der Waals surface area (Å²) in [4.78, 5) is 24.6. The van der Waals surface area contributed by atoms with Crippen LogP contribution in [0.15, 0.2) is 24.3 Å². The number of nitrogens with zero attached hydrogens (tertiary/aromatic N) is 1. The summed E-state index contributed by atoms with van der Waals surface area (Å²) < 4.78 is 4.64. The van der Waals surface area contributed by atoms with Crippen molar-refractivity contribution in [2.75, 3.05) is 13.7 Å². The minimum Gasteiger partial charge on any atom is -0.483 e. The van der Waals surface area contributed by atoms with E-state index in [1.54, 1.807) is 24.3 Å². The fourth-order valence-corrected chi connectivity index (χ4v) is 1.59. The minimum absolute atomic E-state index is 0.116. The number of imide groups is 1. The first-order chi connectivity index (χ1) is 7.65. The van der Waals surface area contributed by atoms with Gasteiger partial charge in [-0.25, -0.2) is 0 Å². The van der Waals surface area contributed by atoms with E-state index in [0.29, 0.717) is 11.1 Å². The fraction of sp³-hybridized carbons (Fsp3) is 0.182. The molecule has 0 unspecified atom stereocenters. The summed E-state index contributed by atoms with van der Waals surface area (Å²) in [7, 11) is 1.33. The Morgan fingerprint density at radius 1 is 1.25 bits per heavy atom. The highest BCUT2D eigenvalue weighted by Crippen LogP contribution is 2.21. The fourth-order valence-electron chi connectivity index (χ4n) is 1.59. The molecular formula is C11H10N2O3. The van der Waals surface area contributed by atoms with Crippen molar-refractivity contribution < 1.29 is 14.3 Å². The van der Waals surface area contributed by atoms with Crippen LogP contribution in [-0.4, -0.2) is 36.3 Å². The lowest BCUT2D eigenvalue weighted by Crippen LogP contribution is -2.35. The molecule has 0 saturated heterocycles. The van der Waals surface area contributed by atoms with Crippen LogP contribution in [0.5, 0.6) is 0 Å². The molecule has 0 fully saturated rings. The lowest BCUT2D eigenvalue weighted by molar-refractivity contribution is 0.0669. The molecule has 0 saturated carbocycles. The lowest BCUT2D eigenvalue weighted by Gasteiger charge is -2.12. The molecule has 0 bridgehead atoms. The Hall–Kier alpha value is -2.17. The topological polar surface area (TPSA) is 70.5 Å². The Morgan fingerprint density at radius 3 is 2.19 bits per heavy atom. The number of fused-ring (bicyclic) bond motifs is 1. The average molecular weight is 218 g/mol. The minimum atomic E-state index is -0.373. The predicted octanol–water partition coefficient (Wildman–Crippen LogP) is 0.906. The Morgan fingerprint density at radius 2 is 1.75 bits per heavy atom. The van der Waals surface area contributed by atoms with Crippen molar-refractivity contribution in [3.8, 4) is 0 Å². The molecule has 5 heteroatoms. The molecule has 1 heterocycles. The number of ether oxygens (including phenoxy) is 1. The van der Waals surface area contributed by atoms with Gasteiger partial charge in [0.1, 0.15) is 6.54 Å². The molecule has 1 N–H and O–H groups in total. The summed E-state index contributed by atoms with van der Waals surface area (Å²) in [6.45, 7) is -0.122. The lowest BCUT2D eigenvalue weighted by atomic mass is 10.1. The summed E-state index contributed by atoms with van der Waals surface area (Å²) in [5.41, 5.74) is 0.771. The zero-order valence-electron chi connectivity index (χ0n) is 8.69. The molecule has 82 valence electrons. The summed E-state index contributed by atoms with van der Waals surface area (Å²) >= 11 is 0. The second-order valence-electron chi connectivity index (χ2n) is 3.37. The van der Waals surface area contributed by atoms with Gasteiger partial charge in [-0.1, -0.05) is 12.1 Å². The quantitative estimate of drug-likeness (QED) is 0.455. The van der Waals surface area contributed by atoms with Gasteiger partial charge in [0.05, 0.1) is 18.2 Å². The molecule has 0 spiro atoms. The third-order valence-corrected chi connectivity index (χ3v) is 2.43. The molecular weight excluding hydrogens is 208 g/mol. The number of carbonyl (C=O) groups excluding carboxylic acids is 2. The summed E-state index contributed by atoms with van der Waals surface area (Å²) in [5, 5.41) is 7.32. The number of hydrogen-bond acceptors (Lipinski definition) is 4. The van der Waals surface area contributed by atoms with Gasteiger partial charge in [-0.05, 0) is 12.1 Å². The zero-order valence-corrected chi connectivity index (χ0v) is 8.69. The zero-order chi connectivity index (χ0) is 11.7. The first-order valence-electron chi connectivity index (χ1n) is 4.71. The van der Waals surface area contributed by atoms with Crippen LogP contribution < -0.4 is 0 Å². The molecule has 1 aromatic carbocycles. The first kappa shape index (κ1) is 10.4. The molecule has 5 nitrogen and oxygen atoms in total. The maximum atomic E-state index is 11.8. The van der Waals surface area contributed by atoms with Gasteiger partial charge in [-0.3, -0.25) is 19.9 Å². The summed E-state index contributed by atoms with van der Waals surface area (Å²) in [5.74, 6) is -0.862. The number of methoxy groups -OCH3 is 1. The highest BCUT2D eigenvalue weighted by atomic mass is 16.5. The van der Waals surface area contributed by atoms with E-state index in [-0.39, 0.29) is 24.3 Å². The Labute approximate surface area is 92.1 Å². The van der Waals surface area contributed by atoms with Crippen molar-refractivity contribution in [1.82, 2.24) is 4.90 Å². The first-order valence-corrected chi connectivity index (χ1v) is 4.71. The summed E-state index contributed by atoms with van der Waals surface area (Å²) in [6, 6.07) is 6.61. The number of amides is 2. The van der Waals surface area contributed by atoms with Gasteiger partial charge >= 0.3 is 0 Å². The Kier molecular flexibility index (Phi) is 2.44. The molecule has 0 radical (unpaired) electrons. The van der Waals surface area contributed by atoms with Gasteiger partial charge in [0.2, 0.25) is 5.90 Å². The van der Waals surface area contributed by atoms with Gasteiger partial charge < -0.3 is 4.74 Å². The number of carbonyl (C=O) groups is 2. The highest BCUT2D eigenvalue weighted by molar-refractivity contribution is 6.22. The van der Waals surface area contributed by atoms with E-state index in [1.807, 2.05) is 0 Å². The molecule has 2 amide bonds. The monoisotopic (exact) mass is 218 g/mol. The second kappa shape index (κ2) is 3.77. The standard InChI is InChI=1S/C11H10N2O3/c1-16-9(12)6-13-10(14)7-4-2-3-5-8(7)11(13)15/h2-5,12H,6H2,1H3. The third-order valence-electron chi connectivity index (χ3n) is 2.43. The van der Waals surface area contributed by atoms with Gasteiger partial charge in [0, 0.05) is 0 Å². The van der Waals surface area contributed by atoms with Crippen molar-refractivity contribution in [2.24, 2.45) is 0 Å². The predicted molar refractivity (Wildman–Crippen MR) is 56.5 cm³/mol. The Balaban J connectivity index is 2.32. The van der Waals surface area contributed by atoms with Crippen molar-refractivity contribution >= 4 is 17.7 Å². The van der Waals surface area contributed by atoms with Crippen molar-refractivity contribution in [1.29, 1.82) is 5.41 Å². The maximum Gasteiger partial charge on any atom is 0.262 e. The normalized spacial score (nSPS) is 13.9. The number of hydrogen-bond donors (Lipinski definition) is 1. The molecule has 1 aliphatic heterocycles. The van der Waals surface area contributed by atoms with Crippen LogP contribution in [0, 0.1) is 5.41 Å². The van der Waals surface area contributed by atoms with Crippen LogP contribution >= 0.6 is 0 Å². The molecule has 16 heavy (non-hydrogen) atoms. The van der Waals surface area contributed by atoms with E-state index < -0.39 is 0 Å². The molecule has 1 aliphatic rings. The summed E-state index contributed by atoms with van der Waals surface area (Å²) in [6.07, 6.45) is 0. The van der Waals surface area contributed by atoms with E-state index >= 15 is 0 Å². The van der Waals surface area contributed by atoms with Gasteiger partial charge in [-0.2, -0.15) is 0 Å². The van der Waals surface area contributed by atoms with E-state index in [1.165, 1.54) is 7.11 Å². The van der Waals surface area contributed by atoms with Crippen LogP contribution in [0.2, 0.25) is 0 Å². The molecule has 0 atom stereocenters.